The minimum Gasteiger partial charge on any atom is -0.480 e. The second-order valence-electron chi connectivity index (χ2n) is 4.04. The molecule has 0 aliphatic heterocycles. The minimum absolute atomic E-state index is 0.106. The highest BCUT2D eigenvalue weighted by Gasteiger charge is 2.29. The predicted octanol–water partition coefficient (Wildman–Crippen LogP) is 0.661. The monoisotopic (exact) mass is 240 g/mol. The minimum atomic E-state index is -0.261. The number of hydrogen-bond donors (Lipinski definition) is 2. The standard InChI is InChI=1S/C11H20N4O2/c1-7(2)10(16-3)8(15-12)9-11(17-4)14-6-5-13-9/h5-8,10,15H,12H2,1-4H3. The van der Waals surface area contributed by atoms with Crippen molar-refractivity contribution in [1.82, 2.24) is 15.4 Å². The first-order valence-corrected chi connectivity index (χ1v) is 5.49. The number of hydrazine groups is 1. The van der Waals surface area contributed by atoms with Crippen LogP contribution in [0.5, 0.6) is 5.88 Å². The van der Waals surface area contributed by atoms with E-state index in [1.807, 2.05) is 0 Å². The first-order chi connectivity index (χ1) is 8.15. The fraction of sp³-hybridized carbons (Fsp3) is 0.636. The van der Waals surface area contributed by atoms with Gasteiger partial charge in [0.1, 0.15) is 5.69 Å². The Morgan fingerprint density at radius 2 is 1.88 bits per heavy atom. The molecular formula is C11H20N4O2. The lowest BCUT2D eigenvalue weighted by Gasteiger charge is -2.28. The van der Waals surface area contributed by atoms with Gasteiger partial charge in [0.05, 0.1) is 19.3 Å². The summed E-state index contributed by atoms with van der Waals surface area (Å²) in [4.78, 5) is 8.37. The van der Waals surface area contributed by atoms with Crippen molar-refractivity contribution in [2.45, 2.75) is 26.0 Å². The van der Waals surface area contributed by atoms with Crippen molar-refractivity contribution in [2.24, 2.45) is 11.8 Å². The highest BCUT2D eigenvalue weighted by Crippen LogP contribution is 2.27. The van der Waals surface area contributed by atoms with Gasteiger partial charge in [-0.3, -0.25) is 10.8 Å². The van der Waals surface area contributed by atoms with Crippen LogP contribution in [0.25, 0.3) is 0 Å². The van der Waals surface area contributed by atoms with E-state index in [0.717, 1.165) is 0 Å². The van der Waals surface area contributed by atoms with Crippen molar-refractivity contribution in [3.05, 3.63) is 18.1 Å². The molecule has 2 unspecified atom stereocenters. The van der Waals surface area contributed by atoms with Crippen molar-refractivity contribution >= 4 is 0 Å². The third-order valence-electron chi connectivity index (χ3n) is 2.62. The summed E-state index contributed by atoms with van der Waals surface area (Å²) >= 11 is 0. The average molecular weight is 240 g/mol. The fourth-order valence-corrected chi connectivity index (χ4v) is 1.83. The van der Waals surface area contributed by atoms with Gasteiger partial charge in [-0.1, -0.05) is 13.8 Å². The summed E-state index contributed by atoms with van der Waals surface area (Å²) in [5.74, 6) is 6.33. The molecule has 96 valence electrons. The van der Waals surface area contributed by atoms with Crippen LogP contribution in [0.4, 0.5) is 0 Å². The van der Waals surface area contributed by atoms with Crippen LogP contribution in [0.2, 0.25) is 0 Å². The number of aromatic nitrogens is 2. The van der Waals surface area contributed by atoms with Gasteiger partial charge in [-0.25, -0.2) is 10.4 Å². The molecule has 6 heteroatoms. The van der Waals surface area contributed by atoms with Gasteiger partial charge < -0.3 is 9.47 Å². The Labute approximate surface area is 102 Å². The Morgan fingerprint density at radius 1 is 1.24 bits per heavy atom. The van der Waals surface area contributed by atoms with E-state index < -0.39 is 0 Å². The smallest absolute Gasteiger partial charge is 0.237 e. The van der Waals surface area contributed by atoms with Crippen LogP contribution >= 0.6 is 0 Å². The normalized spacial score (nSPS) is 14.7. The van der Waals surface area contributed by atoms with Crippen LogP contribution < -0.4 is 16.0 Å². The van der Waals surface area contributed by atoms with Crippen LogP contribution in [-0.2, 0) is 4.74 Å². The summed E-state index contributed by atoms with van der Waals surface area (Å²) in [5.41, 5.74) is 3.37. The van der Waals surface area contributed by atoms with Crippen molar-refractivity contribution in [3.8, 4) is 5.88 Å². The van der Waals surface area contributed by atoms with Gasteiger partial charge in [0.2, 0.25) is 5.88 Å². The lowest BCUT2D eigenvalue weighted by atomic mass is 9.97. The fourth-order valence-electron chi connectivity index (χ4n) is 1.83. The molecule has 0 amide bonds. The molecule has 0 aliphatic carbocycles. The summed E-state index contributed by atoms with van der Waals surface area (Å²) in [6, 6.07) is -0.261. The molecule has 0 saturated heterocycles. The predicted molar refractivity (Wildman–Crippen MR) is 64.3 cm³/mol. The zero-order valence-electron chi connectivity index (χ0n) is 10.7. The zero-order chi connectivity index (χ0) is 12.8. The molecule has 17 heavy (non-hydrogen) atoms. The molecule has 0 aromatic carbocycles. The Balaban J connectivity index is 3.07. The number of ether oxygens (including phenoxy) is 2. The van der Waals surface area contributed by atoms with Crippen molar-refractivity contribution in [3.63, 3.8) is 0 Å². The van der Waals surface area contributed by atoms with E-state index in [0.29, 0.717) is 11.6 Å². The molecular weight excluding hydrogens is 220 g/mol. The first kappa shape index (κ1) is 13.8. The molecule has 0 spiro atoms. The maximum Gasteiger partial charge on any atom is 0.237 e. The maximum absolute atomic E-state index is 5.59. The molecule has 1 rings (SSSR count). The van der Waals surface area contributed by atoms with Crippen LogP contribution in [0.1, 0.15) is 25.6 Å². The molecule has 0 radical (unpaired) electrons. The average Bonchev–Trinajstić information content (AvgIpc) is 2.35. The summed E-state index contributed by atoms with van der Waals surface area (Å²) in [7, 11) is 3.20. The zero-order valence-corrected chi connectivity index (χ0v) is 10.7. The molecule has 0 saturated carbocycles. The van der Waals surface area contributed by atoms with Gasteiger partial charge in [0, 0.05) is 19.5 Å². The molecule has 1 aromatic heterocycles. The van der Waals surface area contributed by atoms with E-state index in [1.54, 1.807) is 26.6 Å². The summed E-state index contributed by atoms with van der Waals surface area (Å²) in [6.07, 6.45) is 3.08. The van der Waals surface area contributed by atoms with E-state index >= 15 is 0 Å². The molecule has 3 N–H and O–H groups in total. The number of rotatable bonds is 6. The topological polar surface area (TPSA) is 82.3 Å². The van der Waals surface area contributed by atoms with Crippen LogP contribution in [-0.4, -0.2) is 30.3 Å². The molecule has 2 atom stereocenters. The lowest BCUT2D eigenvalue weighted by Crippen LogP contribution is -2.41. The summed E-state index contributed by atoms with van der Waals surface area (Å²) in [6.45, 7) is 4.11. The highest BCUT2D eigenvalue weighted by molar-refractivity contribution is 5.22. The van der Waals surface area contributed by atoms with Crippen LogP contribution in [0.3, 0.4) is 0 Å². The molecule has 0 bridgehead atoms. The van der Waals surface area contributed by atoms with Gasteiger partial charge in [-0.05, 0) is 5.92 Å². The van der Waals surface area contributed by atoms with E-state index in [4.69, 9.17) is 15.3 Å². The van der Waals surface area contributed by atoms with Gasteiger partial charge >= 0.3 is 0 Å². The Morgan fingerprint density at radius 3 is 2.35 bits per heavy atom. The Hall–Kier alpha value is -1.24. The van der Waals surface area contributed by atoms with Crippen LogP contribution in [0, 0.1) is 5.92 Å². The van der Waals surface area contributed by atoms with Gasteiger partial charge in [-0.2, -0.15) is 0 Å². The van der Waals surface area contributed by atoms with Gasteiger partial charge in [0.15, 0.2) is 0 Å². The summed E-state index contributed by atoms with van der Waals surface area (Å²) in [5, 5.41) is 0. The lowest BCUT2D eigenvalue weighted by molar-refractivity contribution is 0.0305. The van der Waals surface area contributed by atoms with E-state index in [1.165, 1.54) is 0 Å². The number of hydrogen-bond acceptors (Lipinski definition) is 6. The second-order valence-corrected chi connectivity index (χ2v) is 4.04. The number of nitrogens with zero attached hydrogens (tertiary/aromatic N) is 2. The number of nitrogens with one attached hydrogen (secondary N) is 1. The van der Waals surface area contributed by atoms with Gasteiger partial charge in [-0.15, -0.1) is 0 Å². The van der Waals surface area contributed by atoms with Crippen LogP contribution in [0.15, 0.2) is 12.4 Å². The van der Waals surface area contributed by atoms with E-state index in [2.05, 4.69) is 29.2 Å². The third-order valence-corrected chi connectivity index (χ3v) is 2.62. The first-order valence-electron chi connectivity index (χ1n) is 5.49. The Bertz CT molecular complexity index is 346. The number of nitrogens with two attached hydrogens (primary N) is 1. The largest absolute Gasteiger partial charge is 0.480 e. The molecule has 6 nitrogen and oxygen atoms in total. The molecule has 0 fully saturated rings. The summed E-state index contributed by atoms with van der Waals surface area (Å²) < 4.78 is 10.6. The van der Waals surface area contributed by atoms with E-state index in [9.17, 15) is 0 Å². The molecule has 0 aliphatic rings. The SMILES string of the molecule is COc1nccnc1C(NN)C(OC)C(C)C. The maximum atomic E-state index is 5.59. The second kappa shape index (κ2) is 6.48. The van der Waals surface area contributed by atoms with Crippen molar-refractivity contribution < 1.29 is 9.47 Å². The van der Waals surface area contributed by atoms with E-state index in [-0.39, 0.29) is 18.1 Å². The van der Waals surface area contributed by atoms with Crippen molar-refractivity contribution in [2.75, 3.05) is 14.2 Å². The van der Waals surface area contributed by atoms with Crippen molar-refractivity contribution in [1.29, 1.82) is 0 Å². The molecule has 1 heterocycles. The Kier molecular flexibility index (Phi) is 5.27. The quantitative estimate of drug-likeness (QED) is 0.561. The van der Waals surface area contributed by atoms with Gasteiger partial charge in [0.25, 0.3) is 0 Å². The number of methoxy groups -OCH3 is 2. The molecule has 1 aromatic rings. The third kappa shape index (κ3) is 3.12. The highest BCUT2D eigenvalue weighted by atomic mass is 16.5.